The molecule has 1 aromatic heterocycles. The summed E-state index contributed by atoms with van der Waals surface area (Å²) in [4.78, 5) is 4.37. The summed E-state index contributed by atoms with van der Waals surface area (Å²) in [6.45, 7) is 0. The Labute approximate surface area is 94.4 Å². The van der Waals surface area contributed by atoms with Gasteiger partial charge in [0, 0.05) is 6.20 Å². The van der Waals surface area contributed by atoms with Crippen molar-refractivity contribution >= 4 is 10.8 Å². The molecule has 0 aliphatic rings. The summed E-state index contributed by atoms with van der Waals surface area (Å²) in [5, 5.41) is 2.42. The highest BCUT2D eigenvalue weighted by atomic mass is 14.7. The van der Waals surface area contributed by atoms with Crippen LogP contribution < -0.4 is 0 Å². The van der Waals surface area contributed by atoms with Crippen molar-refractivity contribution in [2.45, 2.75) is 0 Å². The van der Waals surface area contributed by atoms with Gasteiger partial charge in [0.1, 0.15) is 0 Å². The first-order valence-electron chi connectivity index (χ1n) is 5.26. The quantitative estimate of drug-likeness (QED) is 0.551. The standard InChI is InChI=1S/C15H10N/c1-2-8-13-12(6-1)7-5-9-14(13)15-10-3-4-11-16-15/h1-8,10-11H/q-1. The predicted molar refractivity (Wildman–Crippen MR) is 66.0 cm³/mol. The molecule has 0 aliphatic heterocycles. The lowest BCUT2D eigenvalue weighted by atomic mass is 10.0. The minimum atomic E-state index is 0.972. The molecule has 0 aliphatic carbocycles. The fourth-order valence-corrected chi connectivity index (χ4v) is 1.89. The van der Waals surface area contributed by atoms with Crippen LogP contribution >= 0.6 is 0 Å². The Morgan fingerprint density at radius 2 is 1.75 bits per heavy atom. The molecule has 0 fully saturated rings. The molecule has 0 amide bonds. The molecule has 3 aromatic rings. The molecule has 0 atom stereocenters. The molecule has 76 valence electrons. The zero-order chi connectivity index (χ0) is 10.8. The Balaban J connectivity index is 2.32. The van der Waals surface area contributed by atoms with Crippen LogP contribution in [0, 0.1) is 6.07 Å². The number of hydrogen-bond donors (Lipinski definition) is 0. The van der Waals surface area contributed by atoms with Crippen LogP contribution in [0.15, 0.2) is 60.8 Å². The fraction of sp³-hybridized carbons (Fsp3) is 0. The van der Waals surface area contributed by atoms with E-state index in [0.29, 0.717) is 0 Å². The van der Waals surface area contributed by atoms with Gasteiger partial charge in [-0.3, -0.25) is 0 Å². The van der Waals surface area contributed by atoms with Gasteiger partial charge in [0.2, 0.25) is 0 Å². The Bertz CT molecular complexity index is 609. The van der Waals surface area contributed by atoms with E-state index in [1.807, 2.05) is 42.6 Å². The van der Waals surface area contributed by atoms with E-state index in [0.717, 1.165) is 11.3 Å². The van der Waals surface area contributed by atoms with Crippen LogP contribution in [0.5, 0.6) is 0 Å². The van der Waals surface area contributed by atoms with E-state index in [1.54, 1.807) is 0 Å². The predicted octanol–water partition coefficient (Wildman–Crippen LogP) is 3.70. The van der Waals surface area contributed by atoms with Crippen LogP contribution in [0.2, 0.25) is 0 Å². The van der Waals surface area contributed by atoms with Gasteiger partial charge in [-0.2, -0.15) is 0 Å². The molecule has 1 nitrogen and oxygen atoms in total. The second-order valence-corrected chi connectivity index (χ2v) is 3.65. The molecule has 0 radical (unpaired) electrons. The van der Waals surface area contributed by atoms with Crippen LogP contribution in [0.25, 0.3) is 22.0 Å². The number of pyridine rings is 1. The molecule has 1 heteroatoms. The molecular weight excluding hydrogens is 194 g/mol. The third-order valence-corrected chi connectivity index (χ3v) is 2.64. The lowest BCUT2D eigenvalue weighted by Crippen LogP contribution is -1.84. The average Bonchev–Trinajstić information content (AvgIpc) is 2.39. The van der Waals surface area contributed by atoms with Crippen LogP contribution in [0.3, 0.4) is 0 Å². The summed E-state index contributed by atoms with van der Waals surface area (Å²) in [7, 11) is 0. The van der Waals surface area contributed by atoms with E-state index in [9.17, 15) is 0 Å². The van der Waals surface area contributed by atoms with Crippen LogP contribution in [-0.4, -0.2) is 4.98 Å². The normalized spacial score (nSPS) is 10.5. The minimum Gasteiger partial charge on any atom is -0.305 e. The zero-order valence-corrected chi connectivity index (χ0v) is 8.72. The van der Waals surface area contributed by atoms with E-state index >= 15 is 0 Å². The number of aromatic nitrogens is 1. The Morgan fingerprint density at radius 3 is 2.62 bits per heavy atom. The van der Waals surface area contributed by atoms with Crippen molar-refractivity contribution < 1.29 is 0 Å². The Hall–Kier alpha value is -2.15. The maximum absolute atomic E-state index is 4.37. The fourth-order valence-electron chi connectivity index (χ4n) is 1.89. The summed E-state index contributed by atoms with van der Waals surface area (Å²) in [6.07, 6.45) is 1.81. The number of nitrogens with zero attached hydrogens (tertiary/aromatic N) is 1. The topological polar surface area (TPSA) is 12.9 Å². The van der Waals surface area contributed by atoms with Gasteiger partial charge in [0.25, 0.3) is 0 Å². The molecule has 0 bridgehead atoms. The monoisotopic (exact) mass is 204 g/mol. The van der Waals surface area contributed by atoms with Gasteiger partial charge in [-0.1, -0.05) is 41.8 Å². The van der Waals surface area contributed by atoms with Crippen molar-refractivity contribution in [3.63, 3.8) is 0 Å². The Morgan fingerprint density at radius 1 is 0.875 bits per heavy atom. The number of hydrogen-bond acceptors (Lipinski definition) is 1. The Kier molecular flexibility index (Phi) is 2.15. The van der Waals surface area contributed by atoms with E-state index in [4.69, 9.17) is 0 Å². The van der Waals surface area contributed by atoms with Crippen molar-refractivity contribution in [1.82, 2.24) is 4.98 Å². The first-order valence-corrected chi connectivity index (χ1v) is 5.26. The lowest BCUT2D eigenvalue weighted by molar-refractivity contribution is 1.33. The molecule has 2 aromatic carbocycles. The molecule has 0 spiro atoms. The highest BCUT2D eigenvalue weighted by Crippen LogP contribution is 2.25. The number of rotatable bonds is 1. The second kappa shape index (κ2) is 3.78. The molecule has 16 heavy (non-hydrogen) atoms. The highest BCUT2D eigenvalue weighted by Gasteiger charge is 1.94. The van der Waals surface area contributed by atoms with Gasteiger partial charge < -0.3 is 4.98 Å². The molecule has 0 saturated carbocycles. The lowest BCUT2D eigenvalue weighted by Gasteiger charge is -2.13. The van der Waals surface area contributed by atoms with Crippen LogP contribution in [-0.2, 0) is 0 Å². The molecule has 1 heterocycles. The summed E-state index contributed by atoms with van der Waals surface area (Å²) < 4.78 is 0. The van der Waals surface area contributed by atoms with Gasteiger partial charge >= 0.3 is 0 Å². The largest absolute Gasteiger partial charge is 0.305 e. The maximum Gasteiger partial charge on any atom is 0.0160 e. The van der Waals surface area contributed by atoms with Crippen molar-refractivity contribution in [2.75, 3.05) is 0 Å². The van der Waals surface area contributed by atoms with E-state index < -0.39 is 0 Å². The van der Waals surface area contributed by atoms with E-state index in [1.165, 1.54) is 10.8 Å². The third kappa shape index (κ3) is 1.47. The summed E-state index contributed by atoms with van der Waals surface area (Å²) >= 11 is 0. The summed E-state index contributed by atoms with van der Waals surface area (Å²) in [6, 6.07) is 21.5. The summed E-state index contributed by atoms with van der Waals surface area (Å²) in [5.41, 5.74) is 2.04. The van der Waals surface area contributed by atoms with E-state index in [2.05, 4.69) is 29.2 Å². The first kappa shape index (κ1) is 9.10. The van der Waals surface area contributed by atoms with Gasteiger partial charge in [-0.15, -0.1) is 29.1 Å². The highest BCUT2D eigenvalue weighted by molar-refractivity contribution is 5.95. The summed E-state index contributed by atoms with van der Waals surface area (Å²) in [5.74, 6) is 0. The number of benzene rings is 2. The molecular formula is C15H10N-. The van der Waals surface area contributed by atoms with Crippen molar-refractivity contribution in [1.29, 1.82) is 0 Å². The first-order chi connectivity index (χ1) is 7.95. The molecule has 0 N–H and O–H groups in total. The average molecular weight is 204 g/mol. The minimum absolute atomic E-state index is 0.972. The van der Waals surface area contributed by atoms with Crippen molar-refractivity contribution in [3.8, 4) is 11.3 Å². The maximum atomic E-state index is 4.37. The third-order valence-electron chi connectivity index (χ3n) is 2.64. The molecule has 0 unspecified atom stereocenters. The SMILES string of the molecule is [c-]1ccc2ccccc2c1-c1ccccn1. The second-order valence-electron chi connectivity index (χ2n) is 3.65. The van der Waals surface area contributed by atoms with Crippen molar-refractivity contribution in [3.05, 3.63) is 66.9 Å². The van der Waals surface area contributed by atoms with Crippen LogP contribution in [0.4, 0.5) is 0 Å². The van der Waals surface area contributed by atoms with Gasteiger partial charge in [-0.05, 0) is 11.8 Å². The van der Waals surface area contributed by atoms with Gasteiger partial charge in [0.15, 0.2) is 0 Å². The molecule has 3 rings (SSSR count). The number of fused-ring (bicyclic) bond motifs is 1. The van der Waals surface area contributed by atoms with Crippen molar-refractivity contribution in [2.24, 2.45) is 0 Å². The van der Waals surface area contributed by atoms with Crippen LogP contribution in [0.1, 0.15) is 0 Å². The van der Waals surface area contributed by atoms with Gasteiger partial charge in [-0.25, -0.2) is 0 Å². The smallest absolute Gasteiger partial charge is 0.0160 e. The molecule has 0 saturated heterocycles. The zero-order valence-electron chi connectivity index (χ0n) is 8.72. The van der Waals surface area contributed by atoms with E-state index in [-0.39, 0.29) is 0 Å². The van der Waals surface area contributed by atoms with Gasteiger partial charge in [0.05, 0.1) is 0 Å².